The number of hydrogen-bond acceptors (Lipinski definition) is 5. The molecule has 0 fully saturated rings. The summed E-state index contributed by atoms with van der Waals surface area (Å²) in [6.45, 7) is 6.97. The van der Waals surface area contributed by atoms with Crippen LogP contribution in [0, 0.1) is 0 Å². The number of carbonyl (C=O) groups is 3. The smallest absolute Gasteiger partial charge is 0.322 e. The number of rotatable bonds is 11. The molecule has 8 nitrogen and oxygen atoms in total. The number of aliphatic hydroxyl groups excluding tert-OH is 1. The second-order valence-corrected chi connectivity index (χ2v) is 5.44. The van der Waals surface area contributed by atoms with E-state index in [-0.39, 0.29) is 12.1 Å². The SMILES string of the molecule is CCC(CC)NC(=O)C(C(=O)NC(CC)CC)=C(O)NCC(=O)O. The van der Waals surface area contributed by atoms with Crippen LogP contribution in [0.3, 0.4) is 0 Å². The highest BCUT2D eigenvalue weighted by atomic mass is 16.4. The zero-order valence-corrected chi connectivity index (χ0v) is 14.8. The molecule has 0 bridgehead atoms. The lowest BCUT2D eigenvalue weighted by Crippen LogP contribution is -2.44. The van der Waals surface area contributed by atoms with Crippen LogP contribution in [0.15, 0.2) is 11.5 Å². The van der Waals surface area contributed by atoms with E-state index in [0.29, 0.717) is 25.7 Å². The Morgan fingerprint density at radius 2 is 1.17 bits per heavy atom. The third-order valence-corrected chi connectivity index (χ3v) is 3.74. The van der Waals surface area contributed by atoms with E-state index in [0.717, 1.165) is 0 Å². The molecule has 0 aromatic carbocycles. The summed E-state index contributed by atoms with van der Waals surface area (Å²) < 4.78 is 0. The van der Waals surface area contributed by atoms with Crippen LogP contribution in [0.4, 0.5) is 0 Å². The van der Waals surface area contributed by atoms with Gasteiger partial charge in [-0.05, 0) is 25.7 Å². The largest absolute Gasteiger partial charge is 0.494 e. The fraction of sp³-hybridized carbons (Fsp3) is 0.688. The summed E-state index contributed by atoms with van der Waals surface area (Å²) >= 11 is 0. The molecule has 0 unspecified atom stereocenters. The number of carboxylic acid groups (broad SMARTS) is 1. The zero-order valence-electron chi connectivity index (χ0n) is 14.8. The molecule has 5 N–H and O–H groups in total. The van der Waals surface area contributed by atoms with Gasteiger partial charge in [-0.15, -0.1) is 0 Å². The lowest BCUT2D eigenvalue weighted by atomic mass is 10.1. The lowest BCUT2D eigenvalue weighted by molar-refractivity contribution is -0.136. The van der Waals surface area contributed by atoms with Crippen molar-refractivity contribution in [2.45, 2.75) is 65.5 Å². The monoisotopic (exact) mass is 343 g/mol. The number of hydrogen-bond donors (Lipinski definition) is 5. The number of aliphatic carboxylic acids is 1. The molecule has 8 heteroatoms. The van der Waals surface area contributed by atoms with E-state index < -0.39 is 35.8 Å². The molecule has 0 radical (unpaired) electrons. The van der Waals surface area contributed by atoms with Gasteiger partial charge in [-0.1, -0.05) is 27.7 Å². The van der Waals surface area contributed by atoms with Crippen molar-refractivity contribution < 1.29 is 24.6 Å². The van der Waals surface area contributed by atoms with E-state index in [1.165, 1.54) is 0 Å². The van der Waals surface area contributed by atoms with E-state index in [2.05, 4.69) is 16.0 Å². The fourth-order valence-corrected chi connectivity index (χ4v) is 2.07. The summed E-state index contributed by atoms with van der Waals surface area (Å²) in [6, 6.07) is -0.276. The summed E-state index contributed by atoms with van der Waals surface area (Å²) in [5.74, 6) is -3.43. The van der Waals surface area contributed by atoms with Crippen LogP contribution >= 0.6 is 0 Å². The summed E-state index contributed by atoms with van der Waals surface area (Å²) in [4.78, 5) is 35.4. The van der Waals surface area contributed by atoms with Gasteiger partial charge in [0, 0.05) is 12.1 Å². The van der Waals surface area contributed by atoms with Gasteiger partial charge in [0.05, 0.1) is 0 Å². The van der Waals surface area contributed by atoms with Crippen LogP contribution in [0.1, 0.15) is 53.4 Å². The van der Waals surface area contributed by atoms with Crippen molar-refractivity contribution in [2.75, 3.05) is 6.54 Å². The van der Waals surface area contributed by atoms with Gasteiger partial charge >= 0.3 is 5.97 Å². The molecule has 0 heterocycles. The first kappa shape index (κ1) is 21.8. The molecule has 2 amide bonds. The minimum atomic E-state index is -1.22. The highest BCUT2D eigenvalue weighted by molar-refractivity contribution is 6.18. The van der Waals surface area contributed by atoms with E-state index in [1.54, 1.807) is 0 Å². The molecule has 0 aromatic rings. The zero-order chi connectivity index (χ0) is 18.7. The second-order valence-electron chi connectivity index (χ2n) is 5.44. The Hall–Kier alpha value is -2.25. The third-order valence-electron chi connectivity index (χ3n) is 3.74. The molecule has 0 aliphatic heterocycles. The average Bonchev–Trinajstić information content (AvgIpc) is 2.55. The number of carboxylic acids is 1. The van der Waals surface area contributed by atoms with Crippen LogP contribution in [-0.4, -0.2) is 46.6 Å². The van der Waals surface area contributed by atoms with Crippen molar-refractivity contribution in [3.63, 3.8) is 0 Å². The molecular formula is C16H29N3O5. The Kier molecular flexibility index (Phi) is 10.3. The maximum Gasteiger partial charge on any atom is 0.322 e. The molecule has 138 valence electrons. The molecule has 0 aliphatic rings. The van der Waals surface area contributed by atoms with Crippen LogP contribution in [0.25, 0.3) is 0 Å². The molecule has 0 aromatic heterocycles. The molecule has 0 spiro atoms. The lowest BCUT2D eigenvalue weighted by Gasteiger charge is -2.19. The van der Waals surface area contributed by atoms with Crippen molar-refractivity contribution in [1.29, 1.82) is 0 Å². The summed E-state index contributed by atoms with van der Waals surface area (Å²) in [5.41, 5.74) is -0.505. The second kappa shape index (κ2) is 11.3. The third kappa shape index (κ3) is 7.34. The summed E-state index contributed by atoms with van der Waals surface area (Å²) in [6.07, 6.45) is 2.69. The number of aliphatic hydroxyl groups is 1. The van der Waals surface area contributed by atoms with Crippen molar-refractivity contribution in [1.82, 2.24) is 16.0 Å². The van der Waals surface area contributed by atoms with Crippen LogP contribution in [-0.2, 0) is 14.4 Å². The van der Waals surface area contributed by atoms with Gasteiger partial charge in [-0.2, -0.15) is 0 Å². The first-order chi connectivity index (χ1) is 11.3. The van der Waals surface area contributed by atoms with Gasteiger partial charge in [0.1, 0.15) is 6.54 Å². The fourth-order valence-electron chi connectivity index (χ4n) is 2.07. The van der Waals surface area contributed by atoms with Gasteiger partial charge in [0.25, 0.3) is 11.8 Å². The van der Waals surface area contributed by atoms with Crippen LogP contribution in [0.2, 0.25) is 0 Å². The molecule has 0 atom stereocenters. The van der Waals surface area contributed by atoms with Crippen molar-refractivity contribution in [2.24, 2.45) is 0 Å². The minimum Gasteiger partial charge on any atom is -0.494 e. The number of nitrogens with one attached hydrogen (secondary N) is 3. The van der Waals surface area contributed by atoms with Gasteiger partial charge < -0.3 is 26.2 Å². The normalized spacial score (nSPS) is 10.4. The molecule has 0 saturated carbocycles. The maximum absolute atomic E-state index is 12.4. The van der Waals surface area contributed by atoms with Crippen LogP contribution in [0.5, 0.6) is 0 Å². The Bertz CT molecular complexity index is 440. The Labute approximate surface area is 142 Å². The van der Waals surface area contributed by atoms with E-state index >= 15 is 0 Å². The topological polar surface area (TPSA) is 128 Å². The highest BCUT2D eigenvalue weighted by Gasteiger charge is 2.26. The first-order valence-electron chi connectivity index (χ1n) is 8.31. The minimum absolute atomic E-state index is 0.138. The maximum atomic E-state index is 12.4. The van der Waals surface area contributed by atoms with Crippen molar-refractivity contribution >= 4 is 17.8 Å². The molecule has 24 heavy (non-hydrogen) atoms. The van der Waals surface area contributed by atoms with Gasteiger partial charge in [0.15, 0.2) is 5.57 Å². The predicted molar refractivity (Wildman–Crippen MR) is 90.3 cm³/mol. The van der Waals surface area contributed by atoms with Crippen molar-refractivity contribution in [3.8, 4) is 0 Å². The van der Waals surface area contributed by atoms with Gasteiger partial charge in [0.2, 0.25) is 5.88 Å². The van der Waals surface area contributed by atoms with Gasteiger partial charge in [-0.25, -0.2) is 0 Å². The Morgan fingerprint density at radius 3 is 1.46 bits per heavy atom. The molecule has 0 saturated heterocycles. The van der Waals surface area contributed by atoms with Crippen LogP contribution < -0.4 is 16.0 Å². The molecule has 0 aliphatic carbocycles. The molecule has 0 rings (SSSR count). The average molecular weight is 343 g/mol. The summed E-state index contributed by atoms with van der Waals surface area (Å²) in [7, 11) is 0. The number of carbonyl (C=O) groups excluding carboxylic acids is 2. The molecular weight excluding hydrogens is 314 g/mol. The van der Waals surface area contributed by atoms with Gasteiger partial charge in [-0.3, -0.25) is 14.4 Å². The Morgan fingerprint density at radius 1 is 0.792 bits per heavy atom. The summed E-state index contributed by atoms with van der Waals surface area (Å²) in [5, 5.41) is 26.2. The number of amides is 2. The first-order valence-corrected chi connectivity index (χ1v) is 8.31. The van der Waals surface area contributed by atoms with Crippen molar-refractivity contribution in [3.05, 3.63) is 11.5 Å². The Balaban J connectivity index is 5.41. The van der Waals surface area contributed by atoms with E-state index in [1.807, 2.05) is 27.7 Å². The van der Waals surface area contributed by atoms with E-state index in [4.69, 9.17) is 5.11 Å². The van der Waals surface area contributed by atoms with E-state index in [9.17, 15) is 19.5 Å². The predicted octanol–water partition coefficient (Wildman–Crippen LogP) is 1.04. The highest BCUT2D eigenvalue weighted by Crippen LogP contribution is 2.06. The quantitative estimate of drug-likeness (QED) is 0.165. The standard InChI is InChI=1S/C16H29N3O5/c1-5-10(6-2)18-15(23)13(14(22)17-9-12(20)21)16(24)19-11(7-3)8-4/h10-11,17,22H,5-9H2,1-4H3,(H,18,23)(H,19,24)(H,20,21).